The Bertz CT molecular complexity index is 1040. The summed E-state index contributed by atoms with van der Waals surface area (Å²) in [6.45, 7) is 6.63. The van der Waals surface area contributed by atoms with Gasteiger partial charge in [-0.05, 0) is 54.5 Å². The van der Waals surface area contributed by atoms with Crippen LogP contribution in [0.4, 0.5) is 10.5 Å². The molecule has 3 aromatic rings. The molecule has 2 aromatic carbocycles. The number of urea groups is 1. The highest BCUT2D eigenvalue weighted by Gasteiger charge is 2.22. The van der Waals surface area contributed by atoms with Crippen LogP contribution in [-0.2, 0) is 29.0 Å². The van der Waals surface area contributed by atoms with E-state index in [9.17, 15) is 9.59 Å². The zero-order chi connectivity index (χ0) is 24.9. The van der Waals surface area contributed by atoms with Crippen LogP contribution in [0.1, 0.15) is 36.3 Å². The quantitative estimate of drug-likeness (QED) is 0.306. The van der Waals surface area contributed by atoms with E-state index >= 15 is 0 Å². The topological polar surface area (TPSA) is 61.9 Å². The van der Waals surface area contributed by atoms with Crippen LogP contribution in [0.25, 0.3) is 0 Å². The largest absolute Gasteiger partial charge is 0.382 e. The van der Waals surface area contributed by atoms with Crippen molar-refractivity contribution in [1.29, 1.82) is 0 Å². The molecule has 0 saturated carbocycles. The number of hydrogen-bond donors (Lipinski definition) is 1. The molecule has 3 rings (SSSR count). The predicted molar refractivity (Wildman–Crippen MR) is 143 cm³/mol. The molecular weight excluding hydrogens is 458 g/mol. The number of amides is 3. The number of hydrogen-bond acceptors (Lipinski definition) is 4. The van der Waals surface area contributed by atoms with Crippen molar-refractivity contribution in [1.82, 2.24) is 9.80 Å². The van der Waals surface area contributed by atoms with Crippen LogP contribution in [-0.4, -0.2) is 48.0 Å². The van der Waals surface area contributed by atoms with Gasteiger partial charge >= 0.3 is 6.03 Å². The molecule has 0 atom stereocenters. The van der Waals surface area contributed by atoms with Crippen LogP contribution in [0.3, 0.4) is 0 Å². The lowest BCUT2D eigenvalue weighted by Gasteiger charge is -2.28. The van der Waals surface area contributed by atoms with Crippen LogP contribution in [0.5, 0.6) is 0 Å². The minimum atomic E-state index is -0.279. The van der Waals surface area contributed by atoms with Gasteiger partial charge in [0.05, 0.1) is 6.54 Å². The molecule has 1 aromatic heterocycles. The van der Waals surface area contributed by atoms with Gasteiger partial charge in [-0.25, -0.2) is 4.79 Å². The number of carbonyl (C=O) groups is 2. The number of ether oxygens (including phenoxy) is 1. The SMILES string of the molecule is CCOCCCN(CC(=O)N(Cc1ccccc1)Cc1cccs1)C(=O)Nc1cccc(CC)c1. The predicted octanol–water partition coefficient (Wildman–Crippen LogP) is 5.80. The maximum Gasteiger partial charge on any atom is 0.322 e. The number of anilines is 1. The van der Waals surface area contributed by atoms with E-state index in [1.807, 2.05) is 83.9 Å². The average molecular weight is 494 g/mol. The second kappa shape index (κ2) is 14.3. The average Bonchev–Trinajstić information content (AvgIpc) is 3.39. The van der Waals surface area contributed by atoms with E-state index in [1.54, 1.807) is 16.2 Å². The lowest BCUT2D eigenvalue weighted by atomic mass is 10.1. The van der Waals surface area contributed by atoms with E-state index in [0.717, 1.165) is 28.1 Å². The summed E-state index contributed by atoms with van der Waals surface area (Å²) in [6.07, 6.45) is 1.55. The Morgan fingerprint density at radius 2 is 1.71 bits per heavy atom. The number of nitrogens with zero attached hydrogens (tertiary/aromatic N) is 2. The van der Waals surface area contributed by atoms with Gasteiger partial charge in [0.2, 0.25) is 5.91 Å². The molecule has 35 heavy (non-hydrogen) atoms. The fourth-order valence-electron chi connectivity index (χ4n) is 3.72. The highest BCUT2D eigenvalue weighted by atomic mass is 32.1. The van der Waals surface area contributed by atoms with Gasteiger partial charge in [-0.1, -0.05) is 55.5 Å². The van der Waals surface area contributed by atoms with E-state index in [4.69, 9.17) is 4.74 Å². The Morgan fingerprint density at radius 1 is 0.914 bits per heavy atom. The first kappa shape index (κ1) is 26.4. The number of benzene rings is 2. The third kappa shape index (κ3) is 8.85. The standard InChI is InChI=1S/C28H35N3O3S/c1-3-23-13-8-14-25(19-23)29-28(33)30(16-10-17-34-4-2)22-27(32)31(21-26-15-9-18-35-26)20-24-11-6-5-7-12-24/h5-9,11-15,18-19H,3-4,10,16-17,20-22H2,1-2H3,(H,29,33). The zero-order valence-corrected chi connectivity index (χ0v) is 21.4. The molecule has 0 radical (unpaired) electrons. The second-order valence-electron chi connectivity index (χ2n) is 8.27. The van der Waals surface area contributed by atoms with Crippen molar-refractivity contribution in [2.45, 2.75) is 39.8 Å². The van der Waals surface area contributed by atoms with Gasteiger partial charge in [0, 0.05) is 36.9 Å². The lowest BCUT2D eigenvalue weighted by Crippen LogP contribution is -2.44. The fourth-order valence-corrected chi connectivity index (χ4v) is 4.44. The smallest absolute Gasteiger partial charge is 0.322 e. The molecule has 0 aliphatic heterocycles. The van der Waals surface area contributed by atoms with E-state index in [1.165, 1.54) is 0 Å². The van der Waals surface area contributed by atoms with Gasteiger partial charge in [0.15, 0.2) is 0 Å². The van der Waals surface area contributed by atoms with Crippen LogP contribution < -0.4 is 5.32 Å². The fraction of sp³-hybridized carbons (Fsp3) is 0.357. The van der Waals surface area contributed by atoms with Gasteiger partial charge in [0.1, 0.15) is 6.54 Å². The van der Waals surface area contributed by atoms with Crippen molar-refractivity contribution in [3.63, 3.8) is 0 Å². The van der Waals surface area contributed by atoms with Crippen LogP contribution in [0.2, 0.25) is 0 Å². The van der Waals surface area contributed by atoms with Crippen molar-refractivity contribution < 1.29 is 14.3 Å². The van der Waals surface area contributed by atoms with E-state index in [0.29, 0.717) is 39.3 Å². The third-order valence-corrected chi connectivity index (χ3v) is 6.48. The summed E-state index contributed by atoms with van der Waals surface area (Å²) >= 11 is 1.63. The number of aryl methyl sites for hydroxylation is 1. The van der Waals surface area contributed by atoms with E-state index in [2.05, 4.69) is 12.2 Å². The maximum absolute atomic E-state index is 13.5. The Labute approximate surface area is 212 Å². The Hall–Kier alpha value is -3.16. The molecule has 0 bridgehead atoms. The van der Waals surface area contributed by atoms with E-state index < -0.39 is 0 Å². The Morgan fingerprint density at radius 3 is 2.43 bits per heavy atom. The summed E-state index contributed by atoms with van der Waals surface area (Å²) in [5.74, 6) is -0.0869. The first-order chi connectivity index (χ1) is 17.1. The summed E-state index contributed by atoms with van der Waals surface area (Å²) in [7, 11) is 0. The highest BCUT2D eigenvalue weighted by Crippen LogP contribution is 2.16. The van der Waals surface area contributed by atoms with Crippen molar-refractivity contribution in [2.75, 3.05) is 31.6 Å². The molecule has 0 aliphatic carbocycles. The molecular formula is C28H35N3O3S. The van der Waals surface area contributed by atoms with Gasteiger partial charge in [-0.3, -0.25) is 4.79 Å². The van der Waals surface area contributed by atoms with Crippen molar-refractivity contribution in [3.05, 3.63) is 88.1 Å². The lowest BCUT2D eigenvalue weighted by molar-refractivity contribution is -0.133. The monoisotopic (exact) mass is 493 g/mol. The van der Waals surface area contributed by atoms with Crippen molar-refractivity contribution >= 4 is 29.0 Å². The minimum Gasteiger partial charge on any atom is -0.382 e. The van der Waals surface area contributed by atoms with E-state index in [-0.39, 0.29) is 18.5 Å². The molecule has 0 unspecified atom stereocenters. The summed E-state index contributed by atoms with van der Waals surface area (Å²) < 4.78 is 5.46. The molecule has 1 N–H and O–H groups in total. The first-order valence-corrected chi connectivity index (χ1v) is 13.0. The molecule has 6 nitrogen and oxygen atoms in total. The Kier molecular flexibility index (Phi) is 10.8. The van der Waals surface area contributed by atoms with Gasteiger partial charge in [-0.2, -0.15) is 0 Å². The molecule has 0 fully saturated rings. The molecule has 186 valence electrons. The van der Waals surface area contributed by atoms with Crippen LogP contribution in [0.15, 0.2) is 72.1 Å². The van der Waals surface area contributed by atoms with Gasteiger partial charge in [0.25, 0.3) is 0 Å². The minimum absolute atomic E-state index is 0.00361. The molecule has 3 amide bonds. The highest BCUT2D eigenvalue weighted by molar-refractivity contribution is 7.09. The summed E-state index contributed by atoms with van der Waals surface area (Å²) in [6, 6.07) is 21.5. The molecule has 0 saturated heterocycles. The third-order valence-electron chi connectivity index (χ3n) is 5.62. The van der Waals surface area contributed by atoms with Crippen molar-refractivity contribution in [3.8, 4) is 0 Å². The molecule has 0 aliphatic rings. The molecule has 1 heterocycles. The van der Waals surface area contributed by atoms with Gasteiger partial charge < -0.3 is 19.9 Å². The molecule has 0 spiro atoms. The number of carbonyl (C=O) groups excluding carboxylic acids is 2. The Balaban J connectivity index is 1.73. The normalized spacial score (nSPS) is 10.7. The number of rotatable bonds is 13. The number of nitrogens with one attached hydrogen (secondary N) is 1. The maximum atomic E-state index is 13.5. The summed E-state index contributed by atoms with van der Waals surface area (Å²) in [5.41, 5.74) is 2.93. The summed E-state index contributed by atoms with van der Waals surface area (Å²) in [5, 5.41) is 4.99. The summed E-state index contributed by atoms with van der Waals surface area (Å²) in [4.78, 5) is 31.2. The van der Waals surface area contributed by atoms with Gasteiger partial charge in [-0.15, -0.1) is 11.3 Å². The molecule has 7 heteroatoms. The van der Waals surface area contributed by atoms with Crippen molar-refractivity contribution in [2.24, 2.45) is 0 Å². The zero-order valence-electron chi connectivity index (χ0n) is 20.6. The number of thiophene rings is 1. The first-order valence-electron chi connectivity index (χ1n) is 12.2. The van der Waals surface area contributed by atoms with Crippen LogP contribution >= 0.6 is 11.3 Å². The van der Waals surface area contributed by atoms with Crippen LogP contribution in [0, 0.1) is 0 Å². The second-order valence-corrected chi connectivity index (χ2v) is 9.30.